The molecule has 1 aromatic rings. The smallest absolute Gasteiger partial charge is 0.308 e. The number of hydrogen-bond acceptors (Lipinski definition) is 6. The Hall–Kier alpha value is -1.00. The topological polar surface area (TPSA) is 102 Å². The van der Waals surface area contributed by atoms with E-state index in [0.29, 0.717) is 24.5 Å². The molecule has 1 aromatic heterocycles. The number of aliphatic carboxylic acids is 1. The predicted octanol–water partition coefficient (Wildman–Crippen LogP) is 0.459. The lowest BCUT2D eigenvalue weighted by Gasteiger charge is -2.25. The van der Waals surface area contributed by atoms with Crippen molar-refractivity contribution >= 4 is 27.3 Å². The predicted molar refractivity (Wildman–Crippen MR) is 76.0 cm³/mol. The summed E-state index contributed by atoms with van der Waals surface area (Å²) in [5, 5.41) is 8.70. The van der Waals surface area contributed by atoms with Crippen LogP contribution >= 0.6 is 11.3 Å². The summed E-state index contributed by atoms with van der Waals surface area (Å²) in [6.45, 7) is 1.01. The van der Waals surface area contributed by atoms with Crippen LogP contribution in [0.15, 0.2) is 16.3 Å². The van der Waals surface area contributed by atoms with Gasteiger partial charge in [0.05, 0.1) is 13.0 Å². The van der Waals surface area contributed by atoms with Gasteiger partial charge in [-0.15, -0.1) is 11.3 Å². The summed E-state index contributed by atoms with van der Waals surface area (Å²) in [7, 11) is -2.14. The fourth-order valence-corrected chi connectivity index (χ4v) is 4.51. The minimum atomic E-state index is -3.67. The first-order valence-electron chi connectivity index (χ1n) is 6.30. The van der Waals surface area contributed by atoms with Crippen molar-refractivity contribution in [2.45, 2.75) is 22.7 Å². The Morgan fingerprint density at radius 3 is 2.90 bits per heavy atom. The first-order chi connectivity index (χ1) is 9.87. The summed E-state index contributed by atoms with van der Waals surface area (Å²) in [5.41, 5.74) is -0.631. The molecule has 2 N–H and O–H groups in total. The molecule has 1 aliphatic rings. The number of carbonyl (C=O) groups is 1. The third kappa shape index (κ3) is 4.01. The van der Waals surface area contributed by atoms with E-state index in [-0.39, 0.29) is 17.2 Å². The van der Waals surface area contributed by atoms with E-state index in [1.807, 2.05) is 0 Å². The second-order valence-corrected chi connectivity index (χ2v) is 7.97. The fourth-order valence-electron chi connectivity index (χ4n) is 2.01. The molecule has 1 fully saturated rings. The van der Waals surface area contributed by atoms with E-state index in [9.17, 15) is 13.2 Å². The quantitative estimate of drug-likeness (QED) is 0.750. The lowest BCUT2D eigenvalue weighted by atomic mass is 10.0. The molecule has 0 aliphatic carbocycles. The number of ether oxygens (including phenoxy) is 2. The lowest BCUT2D eigenvalue weighted by Crippen LogP contribution is -2.44. The zero-order chi connectivity index (χ0) is 15.5. The van der Waals surface area contributed by atoms with E-state index in [4.69, 9.17) is 14.6 Å². The van der Waals surface area contributed by atoms with Gasteiger partial charge in [0.15, 0.2) is 0 Å². The molecule has 0 saturated carbocycles. The Morgan fingerprint density at radius 2 is 2.33 bits per heavy atom. The van der Waals surface area contributed by atoms with Crippen LogP contribution in [0.4, 0.5) is 0 Å². The molecule has 1 unspecified atom stereocenters. The molecule has 2 rings (SSSR count). The average molecular weight is 335 g/mol. The van der Waals surface area contributed by atoms with Gasteiger partial charge < -0.3 is 14.6 Å². The Morgan fingerprint density at radius 1 is 1.57 bits per heavy atom. The highest BCUT2D eigenvalue weighted by Crippen LogP contribution is 2.25. The van der Waals surface area contributed by atoms with Crippen LogP contribution in [0.1, 0.15) is 11.3 Å². The van der Waals surface area contributed by atoms with Gasteiger partial charge in [-0.05, 0) is 12.1 Å². The van der Waals surface area contributed by atoms with Gasteiger partial charge in [0.1, 0.15) is 9.81 Å². The summed E-state index contributed by atoms with van der Waals surface area (Å²) in [6, 6.07) is 2.92. The van der Waals surface area contributed by atoms with E-state index in [1.165, 1.54) is 19.2 Å². The molecule has 1 aliphatic heterocycles. The minimum Gasteiger partial charge on any atom is -0.481 e. The maximum Gasteiger partial charge on any atom is 0.308 e. The van der Waals surface area contributed by atoms with Crippen LogP contribution in [0.5, 0.6) is 0 Å². The summed E-state index contributed by atoms with van der Waals surface area (Å²) in [5.74, 6) is -0.991. The highest BCUT2D eigenvalue weighted by Gasteiger charge is 2.36. The minimum absolute atomic E-state index is 0.101. The summed E-state index contributed by atoms with van der Waals surface area (Å²) in [6.07, 6.45) is 0.441. The molecule has 1 saturated heterocycles. The number of methoxy groups -OCH3 is 1. The lowest BCUT2D eigenvalue weighted by molar-refractivity contribution is -0.136. The van der Waals surface area contributed by atoms with Crippen molar-refractivity contribution in [1.29, 1.82) is 0 Å². The molecule has 2 heterocycles. The van der Waals surface area contributed by atoms with Crippen molar-refractivity contribution in [2.75, 3.05) is 26.9 Å². The van der Waals surface area contributed by atoms with E-state index < -0.39 is 21.6 Å². The molecule has 0 bridgehead atoms. The SMILES string of the molecule is COC1(CNS(=O)(=O)c2ccc(CC(=O)O)s2)CCOC1. The Balaban J connectivity index is 2.04. The molecule has 1 atom stereocenters. The second-order valence-electron chi connectivity index (χ2n) is 4.81. The van der Waals surface area contributed by atoms with Crippen LogP contribution < -0.4 is 4.72 Å². The number of rotatable bonds is 7. The van der Waals surface area contributed by atoms with Crippen molar-refractivity contribution in [2.24, 2.45) is 0 Å². The van der Waals surface area contributed by atoms with Crippen molar-refractivity contribution in [3.05, 3.63) is 17.0 Å². The van der Waals surface area contributed by atoms with Crippen molar-refractivity contribution in [1.82, 2.24) is 4.72 Å². The molecule has 0 radical (unpaired) electrons. The van der Waals surface area contributed by atoms with Crippen molar-refractivity contribution in [3.8, 4) is 0 Å². The monoisotopic (exact) mass is 335 g/mol. The number of nitrogens with one attached hydrogen (secondary N) is 1. The van der Waals surface area contributed by atoms with E-state index >= 15 is 0 Å². The van der Waals surface area contributed by atoms with Crippen molar-refractivity contribution < 1.29 is 27.8 Å². The van der Waals surface area contributed by atoms with Gasteiger partial charge in [-0.3, -0.25) is 4.79 Å². The normalized spacial score (nSPS) is 22.5. The Bertz CT molecular complexity index is 603. The van der Waals surface area contributed by atoms with Crippen LogP contribution in [-0.4, -0.2) is 52.0 Å². The highest BCUT2D eigenvalue weighted by molar-refractivity contribution is 7.91. The largest absolute Gasteiger partial charge is 0.481 e. The van der Waals surface area contributed by atoms with Gasteiger partial charge in [0, 0.05) is 31.6 Å². The molecule has 118 valence electrons. The van der Waals surface area contributed by atoms with Gasteiger partial charge >= 0.3 is 5.97 Å². The molecule has 0 spiro atoms. The highest BCUT2D eigenvalue weighted by atomic mass is 32.2. The standard InChI is InChI=1S/C12H17NO6S2/c1-18-12(4-5-19-8-12)7-13-21(16,17)11-3-2-9(20-11)6-10(14)15/h2-3,13H,4-8H2,1H3,(H,14,15). The van der Waals surface area contributed by atoms with Crippen molar-refractivity contribution in [3.63, 3.8) is 0 Å². The molecule has 21 heavy (non-hydrogen) atoms. The number of thiophene rings is 1. The Kier molecular flexibility index (Phi) is 4.99. The molecular weight excluding hydrogens is 318 g/mol. The average Bonchev–Trinajstić information content (AvgIpc) is 3.06. The summed E-state index contributed by atoms with van der Waals surface area (Å²) < 4.78 is 37.6. The first kappa shape index (κ1) is 16.4. The molecule has 0 amide bonds. The maximum atomic E-state index is 12.2. The number of carboxylic acid groups (broad SMARTS) is 1. The zero-order valence-corrected chi connectivity index (χ0v) is 13.1. The Labute approximate surface area is 126 Å². The van der Waals surface area contributed by atoms with E-state index in [0.717, 1.165) is 11.3 Å². The molecule has 9 heteroatoms. The number of hydrogen-bond donors (Lipinski definition) is 2. The van der Waals surface area contributed by atoms with Crippen LogP contribution in [0.25, 0.3) is 0 Å². The van der Waals surface area contributed by atoms with E-state index in [1.54, 1.807) is 0 Å². The van der Waals surface area contributed by atoms with Gasteiger partial charge in [-0.2, -0.15) is 0 Å². The van der Waals surface area contributed by atoms with Gasteiger partial charge in [0.25, 0.3) is 0 Å². The van der Waals surface area contributed by atoms with Gasteiger partial charge in [-0.1, -0.05) is 0 Å². The van der Waals surface area contributed by atoms with Crippen LogP contribution in [0.3, 0.4) is 0 Å². The third-order valence-electron chi connectivity index (χ3n) is 3.31. The van der Waals surface area contributed by atoms with Crippen LogP contribution in [-0.2, 0) is 30.7 Å². The molecular formula is C12H17NO6S2. The molecule has 7 nitrogen and oxygen atoms in total. The van der Waals surface area contributed by atoms with Gasteiger partial charge in [-0.25, -0.2) is 13.1 Å². The second kappa shape index (κ2) is 6.41. The molecule has 0 aromatic carbocycles. The fraction of sp³-hybridized carbons (Fsp3) is 0.583. The van der Waals surface area contributed by atoms with Gasteiger partial charge in [0.2, 0.25) is 10.0 Å². The maximum absolute atomic E-state index is 12.2. The first-order valence-corrected chi connectivity index (χ1v) is 8.60. The van der Waals surface area contributed by atoms with Crippen LogP contribution in [0, 0.1) is 0 Å². The number of carboxylic acids is 1. The van der Waals surface area contributed by atoms with E-state index in [2.05, 4.69) is 4.72 Å². The summed E-state index contributed by atoms with van der Waals surface area (Å²) in [4.78, 5) is 11.1. The number of sulfonamides is 1. The summed E-state index contributed by atoms with van der Waals surface area (Å²) >= 11 is 0.954. The van der Waals surface area contributed by atoms with Crippen LogP contribution in [0.2, 0.25) is 0 Å². The third-order valence-corrected chi connectivity index (χ3v) is 6.29. The zero-order valence-electron chi connectivity index (χ0n) is 11.5.